The number of ether oxygens (including phenoxy) is 1. The van der Waals surface area contributed by atoms with Gasteiger partial charge in [0, 0.05) is 19.0 Å². The minimum atomic E-state index is -4.75. The normalized spacial score (nSPS) is 13.0. The van der Waals surface area contributed by atoms with Gasteiger partial charge in [0.2, 0.25) is 5.91 Å². The van der Waals surface area contributed by atoms with Gasteiger partial charge in [-0.25, -0.2) is 0 Å². The number of halogens is 3. The zero-order valence-electron chi connectivity index (χ0n) is 13.3. The van der Waals surface area contributed by atoms with Gasteiger partial charge in [-0.05, 0) is 30.4 Å². The molecule has 0 heterocycles. The maximum Gasteiger partial charge on any atom is 0.573 e. The maximum atomic E-state index is 12.3. The average molecular weight is 332 g/mol. The van der Waals surface area contributed by atoms with Crippen molar-refractivity contribution < 1.29 is 22.7 Å². The quantitative estimate of drug-likeness (QED) is 0.769. The summed E-state index contributed by atoms with van der Waals surface area (Å²) in [7, 11) is 0. The van der Waals surface area contributed by atoms with Crippen LogP contribution in [0.15, 0.2) is 24.3 Å². The molecule has 1 aromatic carbocycles. The van der Waals surface area contributed by atoms with Crippen molar-refractivity contribution in [3.8, 4) is 5.75 Å². The molecule has 130 valence electrons. The second kappa shape index (κ2) is 8.76. The Morgan fingerprint density at radius 2 is 1.96 bits per heavy atom. The maximum absolute atomic E-state index is 12.3. The van der Waals surface area contributed by atoms with Crippen LogP contribution in [-0.4, -0.2) is 24.9 Å². The lowest BCUT2D eigenvalue weighted by molar-refractivity contribution is -0.274. The predicted octanol–water partition coefficient (Wildman–Crippen LogP) is 3.01. The fourth-order valence-electron chi connectivity index (χ4n) is 2.27. The number of nitrogens with two attached hydrogens (primary N) is 1. The highest BCUT2D eigenvalue weighted by atomic mass is 19.4. The molecule has 0 aliphatic carbocycles. The van der Waals surface area contributed by atoms with Gasteiger partial charge in [0.25, 0.3) is 0 Å². The van der Waals surface area contributed by atoms with Crippen molar-refractivity contribution >= 4 is 5.91 Å². The van der Waals surface area contributed by atoms with Crippen molar-refractivity contribution in [1.29, 1.82) is 0 Å². The van der Waals surface area contributed by atoms with Gasteiger partial charge in [0.05, 0.1) is 0 Å². The molecule has 0 saturated heterocycles. The van der Waals surface area contributed by atoms with E-state index in [1.54, 1.807) is 6.07 Å². The Labute approximate surface area is 134 Å². The molecule has 1 rings (SSSR count). The third kappa shape index (κ3) is 7.88. The smallest absolute Gasteiger partial charge is 0.406 e. The van der Waals surface area contributed by atoms with E-state index in [9.17, 15) is 18.0 Å². The number of amides is 1. The molecule has 0 bridgehead atoms. The Balaban J connectivity index is 2.59. The van der Waals surface area contributed by atoms with Crippen LogP contribution >= 0.6 is 0 Å². The lowest BCUT2D eigenvalue weighted by Crippen LogP contribution is -2.41. The van der Waals surface area contributed by atoms with Crippen LogP contribution in [-0.2, 0) is 11.2 Å². The second-order valence-electron chi connectivity index (χ2n) is 5.79. The zero-order chi connectivity index (χ0) is 17.5. The van der Waals surface area contributed by atoms with Gasteiger partial charge < -0.3 is 15.8 Å². The molecule has 0 aliphatic heterocycles. The van der Waals surface area contributed by atoms with Crippen LogP contribution in [0.4, 0.5) is 13.2 Å². The summed E-state index contributed by atoms with van der Waals surface area (Å²) < 4.78 is 41.0. The number of hydrogen-bond acceptors (Lipinski definition) is 3. The first kappa shape index (κ1) is 19.3. The number of benzene rings is 1. The summed E-state index contributed by atoms with van der Waals surface area (Å²) in [6.07, 6.45) is -3.75. The van der Waals surface area contributed by atoms with E-state index in [1.165, 1.54) is 18.2 Å². The Morgan fingerprint density at radius 3 is 2.52 bits per heavy atom. The molecule has 1 unspecified atom stereocenters. The average Bonchev–Trinajstić information content (AvgIpc) is 2.43. The number of carbonyl (C=O) groups is 1. The van der Waals surface area contributed by atoms with Crippen molar-refractivity contribution in [2.75, 3.05) is 6.54 Å². The van der Waals surface area contributed by atoms with Gasteiger partial charge >= 0.3 is 6.36 Å². The number of alkyl halides is 3. The fourth-order valence-corrected chi connectivity index (χ4v) is 2.27. The van der Waals surface area contributed by atoms with Crippen LogP contribution in [0.1, 0.15) is 32.3 Å². The van der Waals surface area contributed by atoms with E-state index in [-0.39, 0.29) is 30.5 Å². The van der Waals surface area contributed by atoms with Gasteiger partial charge in [-0.2, -0.15) is 0 Å². The van der Waals surface area contributed by atoms with Crippen LogP contribution in [0, 0.1) is 5.92 Å². The van der Waals surface area contributed by atoms with Gasteiger partial charge in [0.15, 0.2) is 0 Å². The van der Waals surface area contributed by atoms with Crippen LogP contribution in [0.5, 0.6) is 5.75 Å². The van der Waals surface area contributed by atoms with E-state index >= 15 is 0 Å². The molecule has 1 amide bonds. The summed E-state index contributed by atoms with van der Waals surface area (Å²) >= 11 is 0. The lowest BCUT2D eigenvalue weighted by Gasteiger charge is -2.19. The van der Waals surface area contributed by atoms with E-state index in [0.717, 1.165) is 6.42 Å². The molecule has 0 saturated carbocycles. The fraction of sp³-hybridized carbons (Fsp3) is 0.562. The molecular weight excluding hydrogens is 309 g/mol. The molecule has 0 fully saturated rings. The molecule has 23 heavy (non-hydrogen) atoms. The minimum absolute atomic E-state index is 0.0762. The first-order valence-corrected chi connectivity index (χ1v) is 7.54. The third-order valence-corrected chi connectivity index (χ3v) is 3.23. The van der Waals surface area contributed by atoms with Crippen LogP contribution in [0.25, 0.3) is 0 Å². The van der Waals surface area contributed by atoms with Gasteiger partial charge in [0.1, 0.15) is 5.75 Å². The number of nitrogens with one attached hydrogen (secondary N) is 1. The molecular formula is C16H23F3N2O2. The van der Waals surface area contributed by atoms with Crippen molar-refractivity contribution in [2.45, 2.75) is 45.5 Å². The van der Waals surface area contributed by atoms with Crippen molar-refractivity contribution in [3.05, 3.63) is 29.8 Å². The standard InChI is InChI=1S/C16H23F3N2O2/c1-11(2)9-13(10-20)21-15(22)8-7-12-5-3-4-6-14(12)23-16(17,18)19/h3-6,11,13H,7-10,20H2,1-2H3,(H,21,22). The van der Waals surface area contributed by atoms with E-state index in [4.69, 9.17) is 5.73 Å². The molecule has 3 N–H and O–H groups in total. The van der Waals surface area contributed by atoms with E-state index in [1.807, 2.05) is 13.8 Å². The van der Waals surface area contributed by atoms with E-state index in [0.29, 0.717) is 18.0 Å². The van der Waals surface area contributed by atoms with Gasteiger partial charge in [-0.15, -0.1) is 13.2 Å². The number of carbonyl (C=O) groups excluding carboxylic acids is 1. The predicted molar refractivity (Wildman–Crippen MR) is 81.9 cm³/mol. The summed E-state index contributed by atoms with van der Waals surface area (Å²) in [5, 5.41) is 2.81. The van der Waals surface area contributed by atoms with Crippen LogP contribution < -0.4 is 15.8 Å². The first-order valence-electron chi connectivity index (χ1n) is 7.54. The number of hydrogen-bond donors (Lipinski definition) is 2. The van der Waals surface area contributed by atoms with E-state index in [2.05, 4.69) is 10.1 Å². The van der Waals surface area contributed by atoms with Crippen LogP contribution in [0.2, 0.25) is 0 Å². The highest BCUT2D eigenvalue weighted by molar-refractivity contribution is 5.76. The van der Waals surface area contributed by atoms with Crippen molar-refractivity contribution in [1.82, 2.24) is 5.32 Å². The Bertz CT molecular complexity index is 504. The third-order valence-electron chi connectivity index (χ3n) is 3.23. The second-order valence-corrected chi connectivity index (χ2v) is 5.79. The topological polar surface area (TPSA) is 64.3 Å². The number of para-hydroxylation sites is 1. The van der Waals surface area contributed by atoms with Gasteiger partial charge in [-0.3, -0.25) is 4.79 Å². The molecule has 0 radical (unpaired) electrons. The van der Waals surface area contributed by atoms with Crippen molar-refractivity contribution in [2.24, 2.45) is 11.7 Å². The number of aryl methyl sites for hydroxylation is 1. The Hall–Kier alpha value is -1.76. The van der Waals surface area contributed by atoms with Crippen LogP contribution in [0.3, 0.4) is 0 Å². The highest BCUT2D eigenvalue weighted by Crippen LogP contribution is 2.26. The molecule has 0 spiro atoms. The summed E-state index contributed by atoms with van der Waals surface area (Å²) in [5.41, 5.74) is 5.95. The molecule has 4 nitrogen and oxygen atoms in total. The summed E-state index contributed by atoms with van der Waals surface area (Å²) in [4.78, 5) is 11.9. The SMILES string of the molecule is CC(C)CC(CN)NC(=O)CCc1ccccc1OC(F)(F)F. The molecule has 1 aromatic rings. The highest BCUT2D eigenvalue weighted by Gasteiger charge is 2.31. The summed E-state index contributed by atoms with van der Waals surface area (Å²) in [6, 6.07) is 5.70. The number of rotatable bonds is 8. The Morgan fingerprint density at radius 1 is 1.30 bits per heavy atom. The summed E-state index contributed by atoms with van der Waals surface area (Å²) in [6.45, 7) is 4.39. The molecule has 1 atom stereocenters. The molecule has 0 aromatic heterocycles. The van der Waals surface area contributed by atoms with Gasteiger partial charge in [-0.1, -0.05) is 32.0 Å². The lowest BCUT2D eigenvalue weighted by atomic mass is 10.0. The monoisotopic (exact) mass is 332 g/mol. The zero-order valence-corrected chi connectivity index (χ0v) is 13.3. The molecule has 0 aliphatic rings. The van der Waals surface area contributed by atoms with E-state index < -0.39 is 6.36 Å². The van der Waals surface area contributed by atoms with Crippen molar-refractivity contribution in [3.63, 3.8) is 0 Å². The molecule has 7 heteroatoms. The Kier molecular flexibility index (Phi) is 7.35. The summed E-state index contributed by atoms with van der Waals surface area (Å²) in [5.74, 6) is -0.113. The minimum Gasteiger partial charge on any atom is -0.406 e. The largest absolute Gasteiger partial charge is 0.573 e. The first-order chi connectivity index (χ1) is 10.7.